The number of phosphoric acid groups is 1. The van der Waals surface area contributed by atoms with Crippen molar-refractivity contribution in [3.63, 3.8) is 0 Å². The summed E-state index contributed by atoms with van der Waals surface area (Å²) in [7, 11) is -4.41. The third kappa shape index (κ3) is 69.0. The Hall–Kier alpha value is -4.11. The van der Waals surface area contributed by atoms with Crippen molar-refractivity contribution in [2.75, 3.05) is 26.4 Å². The fourth-order valence-corrected chi connectivity index (χ4v) is 10.1. The Morgan fingerprint density at radius 3 is 0.953 bits per heavy atom. The first-order chi connectivity index (χ1) is 42.3. The number of carbonyl (C=O) groups is 2. The van der Waals surface area contributed by atoms with Gasteiger partial charge in [-0.25, -0.2) is 4.57 Å². The highest BCUT2D eigenvalue weighted by atomic mass is 31.2. The van der Waals surface area contributed by atoms with Crippen molar-refractivity contribution in [1.29, 1.82) is 0 Å². The highest BCUT2D eigenvalue weighted by Crippen LogP contribution is 2.43. The molecule has 0 saturated carbocycles. The van der Waals surface area contributed by atoms with Gasteiger partial charge in [-0.15, -0.1) is 0 Å². The lowest BCUT2D eigenvalue weighted by atomic mass is 10.0. The molecule has 0 fully saturated rings. The van der Waals surface area contributed by atoms with E-state index in [0.717, 1.165) is 109 Å². The van der Waals surface area contributed by atoms with Crippen molar-refractivity contribution in [1.82, 2.24) is 0 Å². The fourth-order valence-electron chi connectivity index (χ4n) is 9.38. The van der Waals surface area contributed by atoms with Crippen LogP contribution >= 0.6 is 7.82 Å². The monoisotopic (exact) mass is 1210 g/mol. The molecule has 0 aromatic carbocycles. The maximum Gasteiger partial charge on any atom is 0.472 e. The molecule has 0 saturated heterocycles. The Bertz CT molecular complexity index is 1920. The van der Waals surface area contributed by atoms with Crippen LogP contribution in [0.2, 0.25) is 0 Å². The van der Waals surface area contributed by atoms with Crippen molar-refractivity contribution < 1.29 is 37.6 Å². The number of nitrogens with two attached hydrogens (primary N) is 1. The van der Waals surface area contributed by atoms with Gasteiger partial charge >= 0.3 is 19.8 Å². The summed E-state index contributed by atoms with van der Waals surface area (Å²) in [5.41, 5.74) is 5.39. The van der Waals surface area contributed by atoms with E-state index in [1.165, 1.54) is 148 Å². The molecule has 0 heterocycles. The van der Waals surface area contributed by atoms with Crippen LogP contribution in [-0.4, -0.2) is 49.3 Å². The molecule has 0 aliphatic rings. The third-order valence-corrected chi connectivity index (χ3v) is 15.5. The lowest BCUT2D eigenvalue weighted by Gasteiger charge is -2.19. The maximum absolute atomic E-state index is 12.7. The lowest BCUT2D eigenvalue weighted by molar-refractivity contribution is -0.161. The third-order valence-electron chi connectivity index (χ3n) is 14.5. The smallest absolute Gasteiger partial charge is 0.462 e. The van der Waals surface area contributed by atoms with Gasteiger partial charge in [0.15, 0.2) is 6.10 Å². The topological polar surface area (TPSA) is 134 Å². The van der Waals surface area contributed by atoms with Crippen LogP contribution in [0.15, 0.2) is 146 Å². The summed E-state index contributed by atoms with van der Waals surface area (Å²) in [6, 6.07) is 0. The van der Waals surface area contributed by atoms with E-state index in [1.807, 2.05) is 0 Å². The Morgan fingerprint density at radius 1 is 0.360 bits per heavy atom. The first-order valence-electron chi connectivity index (χ1n) is 34.8. The molecule has 0 aromatic rings. The van der Waals surface area contributed by atoms with E-state index in [-0.39, 0.29) is 32.6 Å². The molecule has 0 rings (SSSR count). The molecule has 0 aliphatic heterocycles. The van der Waals surface area contributed by atoms with Gasteiger partial charge in [0.1, 0.15) is 6.61 Å². The molecule has 3 N–H and O–H groups in total. The van der Waals surface area contributed by atoms with E-state index >= 15 is 0 Å². The minimum Gasteiger partial charge on any atom is -0.462 e. The SMILES string of the molecule is CC/C=C\C/C=C\C/C=C\C/C=C\C/C=C\C/C=C\C/C=C\C/C=C\C/C=C\C/C=C\C/C=C\C/C=C\CCCCC(=O)OC(COC(=O)CCCCCCCCCCCCCCCCCCCCCCCCCCCC)COP(=O)(O)OCCN. The van der Waals surface area contributed by atoms with Crippen LogP contribution in [-0.2, 0) is 32.7 Å². The molecule has 0 aromatic heterocycles. The Balaban J connectivity index is 4.03. The molecule has 0 spiro atoms. The number of esters is 2. The van der Waals surface area contributed by atoms with Crippen LogP contribution in [0.25, 0.3) is 0 Å². The molecular weight excluding hydrogens is 1090 g/mol. The van der Waals surface area contributed by atoms with Gasteiger partial charge in [-0.1, -0.05) is 320 Å². The van der Waals surface area contributed by atoms with E-state index in [0.29, 0.717) is 6.42 Å². The predicted octanol–water partition coefficient (Wildman–Crippen LogP) is 23.0. The second-order valence-electron chi connectivity index (χ2n) is 22.7. The van der Waals surface area contributed by atoms with Crippen molar-refractivity contribution in [2.24, 2.45) is 5.73 Å². The van der Waals surface area contributed by atoms with Crippen LogP contribution < -0.4 is 5.73 Å². The molecular formula is C76H128NO8P. The average molecular weight is 1210 g/mol. The van der Waals surface area contributed by atoms with E-state index < -0.39 is 32.5 Å². The summed E-state index contributed by atoms with van der Waals surface area (Å²) in [4.78, 5) is 35.3. The zero-order valence-electron chi connectivity index (χ0n) is 55.0. The standard InChI is InChI=1S/C76H128NO8P/c1-3-5-7-9-11-13-15-17-19-21-23-25-27-29-31-32-33-34-35-36-37-38-39-40-41-42-43-45-47-49-51-53-55-57-59-61-63-65-67-69-76(79)85-74(73-84-86(80,81)83-71-70-77)72-82-75(78)68-66-64-62-60-58-56-54-52-50-48-46-44-30-28-26-24-22-20-18-16-14-12-10-8-6-4-2/h5,7,11,13,17,19,23,25,29,31,33-34,36-37,39-40,42-43,47,49,53,55,59,61,74H,3-4,6,8-10,12,14-16,18,20-22,24,26-28,30,32,35,38,41,44-46,48,50-52,54,56-58,60,62-73,77H2,1-2H3,(H,80,81)/b7-5-,13-11-,19-17-,25-23-,31-29-,34-33-,37-36-,40-39-,43-42-,49-47-,55-53-,61-59-. The fraction of sp³-hybridized carbons (Fsp3) is 0.658. The van der Waals surface area contributed by atoms with Crippen LogP contribution in [0, 0.1) is 0 Å². The van der Waals surface area contributed by atoms with Crippen LogP contribution in [0.1, 0.15) is 290 Å². The number of hydrogen-bond donors (Lipinski definition) is 2. The van der Waals surface area contributed by atoms with Crippen molar-refractivity contribution in [3.8, 4) is 0 Å². The van der Waals surface area contributed by atoms with Gasteiger partial charge < -0.3 is 20.1 Å². The van der Waals surface area contributed by atoms with Gasteiger partial charge in [0.25, 0.3) is 0 Å². The summed E-state index contributed by atoms with van der Waals surface area (Å²) >= 11 is 0. The van der Waals surface area contributed by atoms with Gasteiger partial charge in [0.05, 0.1) is 13.2 Å². The molecule has 86 heavy (non-hydrogen) atoms. The van der Waals surface area contributed by atoms with Crippen molar-refractivity contribution in [3.05, 3.63) is 146 Å². The van der Waals surface area contributed by atoms with Crippen molar-refractivity contribution in [2.45, 2.75) is 296 Å². The molecule has 0 bridgehead atoms. The number of carbonyl (C=O) groups excluding carboxylic acids is 2. The van der Waals surface area contributed by atoms with Gasteiger partial charge in [0, 0.05) is 19.4 Å². The summed E-state index contributed by atoms with van der Waals surface area (Å²) < 4.78 is 33.1. The highest BCUT2D eigenvalue weighted by Gasteiger charge is 2.26. The molecule has 9 nitrogen and oxygen atoms in total. The molecule has 10 heteroatoms. The average Bonchev–Trinajstić information content (AvgIpc) is 3.55. The normalized spacial score (nSPS) is 13.9. The summed E-state index contributed by atoms with van der Waals surface area (Å²) in [6.45, 7) is 3.60. The van der Waals surface area contributed by atoms with Gasteiger partial charge in [-0.3, -0.25) is 18.6 Å². The second kappa shape index (κ2) is 70.0. The Kier molecular flexibility index (Phi) is 66.6. The quantitative estimate of drug-likeness (QED) is 0.0264. The largest absolute Gasteiger partial charge is 0.472 e. The van der Waals surface area contributed by atoms with Gasteiger partial charge in [0.2, 0.25) is 0 Å². The highest BCUT2D eigenvalue weighted by molar-refractivity contribution is 7.47. The van der Waals surface area contributed by atoms with Gasteiger partial charge in [-0.2, -0.15) is 0 Å². The van der Waals surface area contributed by atoms with Gasteiger partial charge in [-0.05, 0) is 103 Å². The predicted molar refractivity (Wildman–Crippen MR) is 371 cm³/mol. The minimum absolute atomic E-state index is 0.0402. The number of allylic oxidation sites excluding steroid dienone is 24. The molecule has 0 amide bonds. The van der Waals surface area contributed by atoms with E-state index in [4.69, 9.17) is 24.3 Å². The van der Waals surface area contributed by atoms with Crippen LogP contribution in [0.5, 0.6) is 0 Å². The number of rotatable bonds is 64. The molecule has 490 valence electrons. The van der Waals surface area contributed by atoms with E-state index in [1.54, 1.807) is 0 Å². The first kappa shape index (κ1) is 81.9. The molecule has 0 radical (unpaired) electrons. The first-order valence-corrected chi connectivity index (χ1v) is 36.3. The molecule has 2 unspecified atom stereocenters. The molecule has 0 aliphatic carbocycles. The van der Waals surface area contributed by atoms with Crippen LogP contribution in [0.4, 0.5) is 0 Å². The maximum atomic E-state index is 12.7. The summed E-state index contributed by atoms with van der Waals surface area (Å²) in [5, 5.41) is 0. The molecule has 2 atom stereocenters. The summed E-state index contributed by atoms with van der Waals surface area (Å²) in [5.74, 6) is -0.878. The lowest BCUT2D eigenvalue weighted by Crippen LogP contribution is -2.29. The number of ether oxygens (including phenoxy) is 2. The second-order valence-corrected chi connectivity index (χ2v) is 24.1. The Labute approximate surface area is 528 Å². The zero-order chi connectivity index (χ0) is 62.3. The van der Waals surface area contributed by atoms with Crippen molar-refractivity contribution >= 4 is 19.8 Å². The Morgan fingerprint density at radius 2 is 0.640 bits per heavy atom. The number of hydrogen-bond acceptors (Lipinski definition) is 8. The van der Waals surface area contributed by atoms with E-state index in [9.17, 15) is 19.0 Å². The summed E-state index contributed by atoms with van der Waals surface area (Å²) in [6.07, 6.45) is 101. The number of unbranched alkanes of at least 4 members (excludes halogenated alkanes) is 27. The number of phosphoric ester groups is 1. The van der Waals surface area contributed by atoms with Crippen LogP contribution in [0.3, 0.4) is 0 Å². The zero-order valence-corrected chi connectivity index (χ0v) is 55.9. The van der Waals surface area contributed by atoms with E-state index in [2.05, 4.69) is 160 Å². The minimum atomic E-state index is -4.41.